The molecule has 4 heteroatoms. The molecule has 0 unspecified atom stereocenters. The minimum Gasteiger partial charge on any atom is -0.381 e. The molecule has 1 aliphatic heterocycles. The van der Waals surface area contributed by atoms with Crippen LogP contribution in [0.15, 0.2) is 0 Å². The molecule has 0 saturated carbocycles. The van der Waals surface area contributed by atoms with Crippen LogP contribution in [0.1, 0.15) is 12.8 Å². The lowest BCUT2D eigenvalue weighted by atomic mass is 10.3. The van der Waals surface area contributed by atoms with Gasteiger partial charge in [-0.25, -0.2) is 0 Å². The Kier molecular flexibility index (Phi) is 7.77. The topological polar surface area (TPSA) is 19.0 Å². The first-order valence-corrected chi connectivity index (χ1v) is 6.82. The van der Waals surface area contributed by atoms with Crippen molar-refractivity contribution in [3.05, 3.63) is 0 Å². The van der Waals surface area contributed by atoms with Crippen molar-refractivity contribution in [1.82, 2.24) is 14.7 Å². The van der Waals surface area contributed by atoms with Crippen LogP contribution < -0.4 is 0 Å². The molecule has 0 atom stereocenters. The standard InChI is InChI=1S/C13H29N3O/c1-14-6-4-12-17-13-5-7-15(2)9-11-16(3)10-8-14/h4-13H2,1-3H3. The van der Waals surface area contributed by atoms with E-state index in [4.69, 9.17) is 4.74 Å². The maximum Gasteiger partial charge on any atom is 0.0478 e. The highest BCUT2D eigenvalue weighted by Crippen LogP contribution is 1.95. The lowest BCUT2D eigenvalue weighted by Gasteiger charge is -2.25. The van der Waals surface area contributed by atoms with E-state index in [1.54, 1.807) is 0 Å². The molecule has 4 nitrogen and oxygen atoms in total. The van der Waals surface area contributed by atoms with Gasteiger partial charge in [0, 0.05) is 52.5 Å². The minimum atomic E-state index is 0.907. The molecule has 0 aromatic carbocycles. The Hall–Kier alpha value is -0.160. The Labute approximate surface area is 107 Å². The van der Waals surface area contributed by atoms with Crippen LogP contribution in [0.25, 0.3) is 0 Å². The van der Waals surface area contributed by atoms with Crippen LogP contribution in [0.5, 0.6) is 0 Å². The van der Waals surface area contributed by atoms with Crippen molar-refractivity contribution in [3.8, 4) is 0 Å². The van der Waals surface area contributed by atoms with Gasteiger partial charge in [0.15, 0.2) is 0 Å². The average molecular weight is 243 g/mol. The molecule has 0 aromatic rings. The molecule has 1 aliphatic rings. The van der Waals surface area contributed by atoms with Crippen molar-refractivity contribution >= 4 is 0 Å². The summed E-state index contributed by atoms with van der Waals surface area (Å²) in [6, 6.07) is 0. The lowest BCUT2D eigenvalue weighted by Crippen LogP contribution is -2.36. The number of rotatable bonds is 0. The molecule has 1 fully saturated rings. The van der Waals surface area contributed by atoms with Gasteiger partial charge in [-0.1, -0.05) is 0 Å². The highest BCUT2D eigenvalue weighted by molar-refractivity contribution is 4.61. The summed E-state index contributed by atoms with van der Waals surface area (Å²) in [5.41, 5.74) is 0. The quantitative estimate of drug-likeness (QED) is 0.620. The summed E-state index contributed by atoms with van der Waals surface area (Å²) in [6.45, 7) is 8.73. The number of hydrogen-bond acceptors (Lipinski definition) is 4. The van der Waals surface area contributed by atoms with Gasteiger partial charge in [-0.2, -0.15) is 0 Å². The first kappa shape index (κ1) is 14.9. The van der Waals surface area contributed by atoms with Crippen LogP contribution in [0.4, 0.5) is 0 Å². The van der Waals surface area contributed by atoms with Crippen LogP contribution in [0, 0.1) is 0 Å². The SMILES string of the molecule is CN1CCCOCCCN(C)CCN(C)CC1. The molecule has 0 aliphatic carbocycles. The molecular weight excluding hydrogens is 214 g/mol. The number of nitrogens with zero attached hydrogens (tertiary/aromatic N) is 3. The van der Waals surface area contributed by atoms with Gasteiger partial charge in [0.05, 0.1) is 0 Å². The molecule has 0 radical (unpaired) electrons. The number of likely N-dealkylation sites (N-methyl/N-ethyl adjacent to an activating group) is 3. The molecule has 102 valence electrons. The fourth-order valence-electron chi connectivity index (χ4n) is 1.99. The second-order valence-corrected chi connectivity index (χ2v) is 5.23. The first-order chi connectivity index (χ1) is 8.18. The fourth-order valence-corrected chi connectivity index (χ4v) is 1.99. The second-order valence-electron chi connectivity index (χ2n) is 5.23. The summed E-state index contributed by atoms with van der Waals surface area (Å²) in [7, 11) is 6.62. The normalized spacial score (nSPS) is 25.6. The zero-order valence-electron chi connectivity index (χ0n) is 11.8. The first-order valence-electron chi connectivity index (χ1n) is 6.82. The number of hydrogen-bond donors (Lipinski definition) is 0. The molecule has 17 heavy (non-hydrogen) atoms. The van der Waals surface area contributed by atoms with E-state index >= 15 is 0 Å². The molecule has 1 rings (SSSR count). The zero-order valence-corrected chi connectivity index (χ0v) is 11.8. The van der Waals surface area contributed by atoms with Crippen LogP contribution in [-0.4, -0.2) is 88.3 Å². The highest BCUT2D eigenvalue weighted by Gasteiger charge is 2.05. The van der Waals surface area contributed by atoms with Crippen LogP contribution in [-0.2, 0) is 4.74 Å². The number of ether oxygens (including phenoxy) is 1. The van der Waals surface area contributed by atoms with Crippen molar-refractivity contribution in [3.63, 3.8) is 0 Å². The van der Waals surface area contributed by atoms with Crippen molar-refractivity contribution in [1.29, 1.82) is 0 Å². The van der Waals surface area contributed by atoms with Crippen molar-refractivity contribution in [2.75, 3.05) is 73.6 Å². The summed E-state index contributed by atoms with van der Waals surface area (Å²) >= 11 is 0. The van der Waals surface area contributed by atoms with E-state index in [-0.39, 0.29) is 0 Å². The maximum absolute atomic E-state index is 5.63. The predicted molar refractivity (Wildman–Crippen MR) is 72.5 cm³/mol. The highest BCUT2D eigenvalue weighted by atomic mass is 16.5. The third-order valence-corrected chi connectivity index (χ3v) is 3.38. The smallest absolute Gasteiger partial charge is 0.0478 e. The summed E-state index contributed by atoms with van der Waals surface area (Å²) in [5.74, 6) is 0. The van der Waals surface area contributed by atoms with Crippen molar-refractivity contribution in [2.45, 2.75) is 12.8 Å². The Morgan fingerprint density at radius 1 is 0.588 bits per heavy atom. The van der Waals surface area contributed by atoms with Crippen molar-refractivity contribution in [2.24, 2.45) is 0 Å². The zero-order chi connectivity index (χ0) is 12.5. The lowest BCUT2D eigenvalue weighted by molar-refractivity contribution is 0.109. The minimum absolute atomic E-state index is 0.907. The third kappa shape index (κ3) is 7.71. The summed E-state index contributed by atoms with van der Waals surface area (Å²) in [4.78, 5) is 7.22. The Bertz CT molecular complexity index is 172. The summed E-state index contributed by atoms with van der Waals surface area (Å²) in [5, 5.41) is 0. The van der Waals surface area contributed by atoms with E-state index in [1.165, 1.54) is 0 Å². The monoisotopic (exact) mass is 243 g/mol. The van der Waals surface area contributed by atoms with Crippen LogP contribution in [0.2, 0.25) is 0 Å². The van der Waals surface area contributed by atoms with Gasteiger partial charge in [-0.3, -0.25) is 0 Å². The van der Waals surface area contributed by atoms with E-state index in [2.05, 4.69) is 35.8 Å². The Morgan fingerprint density at radius 3 is 1.35 bits per heavy atom. The van der Waals surface area contributed by atoms with E-state index in [0.29, 0.717) is 0 Å². The van der Waals surface area contributed by atoms with Gasteiger partial charge in [-0.15, -0.1) is 0 Å². The average Bonchev–Trinajstić information content (AvgIpc) is 2.31. The molecule has 0 N–H and O–H groups in total. The summed E-state index contributed by atoms with van der Waals surface area (Å²) in [6.07, 6.45) is 2.30. The van der Waals surface area contributed by atoms with E-state index in [0.717, 1.165) is 65.3 Å². The summed E-state index contributed by atoms with van der Waals surface area (Å²) < 4.78 is 5.63. The van der Waals surface area contributed by atoms with Gasteiger partial charge in [0.1, 0.15) is 0 Å². The maximum atomic E-state index is 5.63. The van der Waals surface area contributed by atoms with Gasteiger partial charge < -0.3 is 19.4 Å². The van der Waals surface area contributed by atoms with E-state index < -0.39 is 0 Å². The second kappa shape index (κ2) is 8.86. The van der Waals surface area contributed by atoms with Crippen LogP contribution in [0.3, 0.4) is 0 Å². The van der Waals surface area contributed by atoms with Gasteiger partial charge in [0.2, 0.25) is 0 Å². The van der Waals surface area contributed by atoms with Crippen LogP contribution >= 0.6 is 0 Å². The van der Waals surface area contributed by atoms with Crippen molar-refractivity contribution < 1.29 is 4.74 Å². The molecule has 1 heterocycles. The fraction of sp³-hybridized carbons (Fsp3) is 1.00. The molecule has 0 aromatic heterocycles. The van der Waals surface area contributed by atoms with Gasteiger partial charge >= 0.3 is 0 Å². The molecule has 1 saturated heterocycles. The predicted octanol–water partition coefficient (Wildman–Crippen LogP) is 0.592. The molecular formula is C13H29N3O. The molecule has 0 spiro atoms. The largest absolute Gasteiger partial charge is 0.381 e. The third-order valence-electron chi connectivity index (χ3n) is 3.38. The molecule has 0 bridgehead atoms. The Balaban J connectivity index is 2.29. The molecule has 0 amide bonds. The Morgan fingerprint density at radius 2 is 0.941 bits per heavy atom. The van der Waals surface area contributed by atoms with E-state index in [9.17, 15) is 0 Å². The van der Waals surface area contributed by atoms with Gasteiger partial charge in [0.25, 0.3) is 0 Å². The van der Waals surface area contributed by atoms with Gasteiger partial charge in [-0.05, 0) is 34.0 Å². The van der Waals surface area contributed by atoms with E-state index in [1.807, 2.05) is 0 Å².